The standard InChI is InChI=1S/C20H30BrN3O3/c1-12(2)10-18(26)24-19(13(3)4)20(27)22-9-8-17(25)23-16-11-15(21)7-6-14(16)5/h6-7,11-13,19H,8-10H2,1-5H3,(H,22,27)(H,23,25)(H,24,26). The van der Waals surface area contributed by atoms with Gasteiger partial charge in [0, 0.05) is 29.5 Å². The molecule has 0 aromatic heterocycles. The molecule has 0 saturated heterocycles. The van der Waals surface area contributed by atoms with E-state index in [1.165, 1.54) is 0 Å². The number of rotatable bonds is 9. The van der Waals surface area contributed by atoms with Crippen molar-refractivity contribution in [2.45, 2.75) is 53.5 Å². The van der Waals surface area contributed by atoms with Gasteiger partial charge in [0.1, 0.15) is 6.04 Å². The number of hydrogen-bond donors (Lipinski definition) is 3. The molecular weight excluding hydrogens is 410 g/mol. The van der Waals surface area contributed by atoms with Crippen LogP contribution in [0.15, 0.2) is 22.7 Å². The Kier molecular flexibility index (Phi) is 9.49. The van der Waals surface area contributed by atoms with E-state index in [1.54, 1.807) is 0 Å². The summed E-state index contributed by atoms with van der Waals surface area (Å²) in [6.45, 7) is 9.79. The quantitative estimate of drug-likeness (QED) is 0.550. The van der Waals surface area contributed by atoms with Gasteiger partial charge >= 0.3 is 0 Å². The minimum atomic E-state index is -0.605. The third-order valence-electron chi connectivity index (χ3n) is 3.98. The predicted octanol–water partition coefficient (Wildman–Crippen LogP) is 3.39. The fraction of sp³-hybridized carbons (Fsp3) is 0.550. The van der Waals surface area contributed by atoms with Gasteiger partial charge in [0.15, 0.2) is 0 Å². The van der Waals surface area contributed by atoms with Crippen LogP contribution in [0.3, 0.4) is 0 Å². The molecule has 0 aliphatic heterocycles. The lowest BCUT2D eigenvalue weighted by atomic mass is 10.0. The van der Waals surface area contributed by atoms with Crippen molar-refractivity contribution in [3.63, 3.8) is 0 Å². The summed E-state index contributed by atoms with van der Waals surface area (Å²) in [5.41, 5.74) is 1.70. The zero-order valence-electron chi connectivity index (χ0n) is 16.7. The van der Waals surface area contributed by atoms with Crippen molar-refractivity contribution in [3.05, 3.63) is 28.2 Å². The molecule has 0 heterocycles. The highest BCUT2D eigenvalue weighted by molar-refractivity contribution is 9.10. The fourth-order valence-corrected chi connectivity index (χ4v) is 2.85. The maximum atomic E-state index is 12.4. The summed E-state index contributed by atoms with van der Waals surface area (Å²) in [5, 5.41) is 8.36. The summed E-state index contributed by atoms with van der Waals surface area (Å²) in [6, 6.07) is 5.05. The molecule has 1 atom stereocenters. The first-order valence-electron chi connectivity index (χ1n) is 9.23. The smallest absolute Gasteiger partial charge is 0.242 e. The number of benzene rings is 1. The van der Waals surface area contributed by atoms with E-state index in [0.29, 0.717) is 6.42 Å². The zero-order valence-corrected chi connectivity index (χ0v) is 18.3. The van der Waals surface area contributed by atoms with Crippen LogP contribution in [0.5, 0.6) is 0 Å². The van der Waals surface area contributed by atoms with Gasteiger partial charge in [-0.1, -0.05) is 49.7 Å². The summed E-state index contributed by atoms with van der Waals surface area (Å²) in [7, 11) is 0. The molecule has 3 amide bonds. The van der Waals surface area contributed by atoms with Gasteiger partial charge in [0.2, 0.25) is 17.7 Å². The van der Waals surface area contributed by atoms with Crippen LogP contribution in [0.25, 0.3) is 0 Å². The maximum absolute atomic E-state index is 12.4. The molecule has 0 spiro atoms. The minimum Gasteiger partial charge on any atom is -0.354 e. The van der Waals surface area contributed by atoms with Crippen molar-refractivity contribution >= 4 is 39.3 Å². The molecular formula is C20H30BrN3O3. The maximum Gasteiger partial charge on any atom is 0.242 e. The molecule has 7 heteroatoms. The van der Waals surface area contributed by atoms with E-state index in [2.05, 4.69) is 31.9 Å². The predicted molar refractivity (Wildman–Crippen MR) is 111 cm³/mol. The molecule has 3 N–H and O–H groups in total. The van der Waals surface area contributed by atoms with Crippen LogP contribution < -0.4 is 16.0 Å². The Balaban J connectivity index is 2.50. The molecule has 0 radical (unpaired) electrons. The molecule has 150 valence electrons. The van der Waals surface area contributed by atoms with Gasteiger partial charge in [-0.2, -0.15) is 0 Å². The fourth-order valence-electron chi connectivity index (χ4n) is 2.49. The number of hydrogen-bond acceptors (Lipinski definition) is 3. The Labute approximate surface area is 170 Å². The molecule has 1 rings (SSSR count). The Morgan fingerprint density at radius 2 is 1.74 bits per heavy atom. The van der Waals surface area contributed by atoms with Gasteiger partial charge < -0.3 is 16.0 Å². The van der Waals surface area contributed by atoms with Crippen LogP contribution in [0.4, 0.5) is 5.69 Å². The second-order valence-corrected chi connectivity index (χ2v) is 8.35. The van der Waals surface area contributed by atoms with Crippen molar-refractivity contribution in [1.29, 1.82) is 0 Å². The molecule has 0 fully saturated rings. The van der Waals surface area contributed by atoms with Crippen LogP contribution in [-0.4, -0.2) is 30.3 Å². The van der Waals surface area contributed by atoms with E-state index in [-0.39, 0.29) is 42.5 Å². The molecule has 0 bridgehead atoms. The highest BCUT2D eigenvalue weighted by Crippen LogP contribution is 2.20. The van der Waals surface area contributed by atoms with E-state index in [4.69, 9.17) is 0 Å². The van der Waals surface area contributed by atoms with Gasteiger partial charge in [-0.3, -0.25) is 14.4 Å². The molecule has 6 nitrogen and oxygen atoms in total. The summed E-state index contributed by atoms with van der Waals surface area (Å²) in [4.78, 5) is 36.5. The molecule has 1 unspecified atom stereocenters. The summed E-state index contributed by atoms with van der Waals surface area (Å²) in [5.74, 6) is -0.401. The lowest BCUT2D eigenvalue weighted by Crippen LogP contribution is -2.50. The topological polar surface area (TPSA) is 87.3 Å². The van der Waals surface area contributed by atoms with Crippen molar-refractivity contribution in [2.75, 3.05) is 11.9 Å². The first-order valence-corrected chi connectivity index (χ1v) is 10.0. The second kappa shape index (κ2) is 11.1. The Morgan fingerprint density at radius 3 is 2.33 bits per heavy atom. The number of nitrogens with one attached hydrogen (secondary N) is 3. The molecule has 0 aliphatic rings. The number of halogens is 1. The zero-order chi connectivity index (χ0) is 20.6. The van der Waals surface area contributed by atoms with Crippen LogP contribution in [0.2, 0.25) is 0 Å². The van der Waals surface area contributed by atoms with Gasteiger partial charge in [-0.05, 0) is 36.5 Å². The highest BCUT2D eigenvalue weighted by atomic mass is 79.9. The molecule has 0 saturated carbocycles. The van der Waals surface area contributed by atoms with Crippen molar-refractivity contribution in [2.24, 2.45) is 11.8 Å². The number of anilines is 1. The third-order valence-corrected chi connectivity index (χ3v) is 4.48. The lowest BCUT2D eigenvalue weighted by Gasteiger charge is -2.22. The Morgan fingerprint density at radius 1 is 1.07 bits per heavy atom. The van der Waals surface area contributed by atoms with E-state index >= 15 is 0 Å². The number of carbonyl (C=O) groups is 3. The second-order valence-electron chi connectivity index (χ2n) is 7.44. The van der Waals surface area contributed by atoms with Crippen molar-refractivity contribution in [3.8, 4) is 0 Å². The van der Waals surface area contributed by atoms with Crippen molar-refractivity contribution < 1.29 is 14.4 Å². The van der Waals surface area contributed by atoms with Gasteiger partial charge in [-0.25, -0.2) is 0 Å². The normalized spacial score (nSPS) is 12.0. The number of aryl methyl sites for hydroxylation is 1. The van der Waals surface area contributed by atoms with Gasteiger partial charge in [0.25, 0.3) is 0 Å². The van der Waals surface area contributed by atoms with Gasteiger partial charge in [-0.15, -0.1) is 0 Å². The molecule has 0 aliphatic carbocycles. The van der Waals surface area contributed by atoms with Crippen LogP contribution in [0, 0.1) is 18.8 Å². The number of amides is 3. The van der Waals surface area contributed by atoms with Crippen LogP contribution in [-0.2, 0) is 14.4 Å². The molecule has 27 heavy (non-hydrogen) atoms. The van der Waals surface area contributed by atoms with E-state index < -0.39 is 6.04 Å². The molecule has 1 aromatic carbocycles. The van der Waals surface area contributed by atoms with Crippen LogP contribution in [0.1, 0.15) is 46.1 Å². The Hall–Kier alpha value is -1.89. The SMILES string of the molecule is Cc1ccc(Br)cc1NC(=O)CCNC(=O)C(NC(=O)CC(C)C)C(C)C. The van der Waals surface area contributed by atoms with E-state index in [1.807, 2.05) is 52.8 Å². The number of carbonyl (C=O) groups excluding carboxylic acids is 3. The van der Waals surface area contributed by atoms with Gasteiger partial charge in [0.05, 0.1) is 0 Å². The lowest BCUT2D eigenvalue weighted by molar-refractivity contribution is -0.130. The van der Waals surface area contributed by atoms with Crippen molar-refractivity contribution in [1.82, 2.24) is 10.6 Å². The monoisotopic (exact) mass is 439 g/mol. The van der Waals surface area contributed by atoms with E-state index in [9.17, 15) is 14.4 Å². The average Bonchev–Trinajstić information content (AvgIpc) is 2.55. The van der Waals surface area contributed by atoms with E-state index in [0.717, 1.165) is 15.7 Å². The largest absolute Gasteiger partial charge is 0.354 e. The summed E-state index contributed by atoms with van der Waals surface area (Å²) < 4.78 is 0.883. The summed E-state index contributed by atoms with van der Waals surface area (Å²) in [6.07, 6.45) is 0.535. The molecule has 1 aromatic rings. The average molecular weight is 440 g/mol. The summed E-state index contributed by atoms with van der Waals surface area (Å²) >= 11 is 3.38. The van der Waals surface area contributed by atoms with Crippen LogP contribution >= 0.6 is 15.9 Å². The first kappa shape index (κ1) is 23.1. The third kappa shape index (κ3) is 8.56. The first-order chi connectivity index (χ1) is 12.6. The Bertz CT molecular complexity index is 674. The minimum absolute atomic E-state index is 0.0424. The highest BCUT2D eigenvalue weighted by Gasteiger charge is 2.24.